The highest BCUT2D eigenvalue weighted by Gasteiger charge is 2.41. The number of carbonyl (C=O) groups excluding carboxylic acids is 2. The Morgan fingerprint density at radius 1 is 1.30 bits per heavy atom. The molecule has 1 N–H and O–H groups in total. The number of rotatable bonds is 4. The highest BCUT2D eigenvalue weighted by atomic mass is 32.2. The lowest BCUT2D eigenvalue weighted by atomic mass is 10.0. The van der Waals surface area contributed by atoms with Gasteiger partial charge in [0.2, 0.25) is 11.8 Å². The minimum Gasteiger partial charge on any atom is -0.347 e. The van der Waals surface area contributed by atoms with Crippen molar-refractivity contribution in [3.63, 3.8) is 0 Å². The lowest BCUT2D eigenvalue weighted by molar-refractivity contribution is -0.188. The number of amides is 2. The number of piperidine rings is 1. The standard InChI is InChI=1S/C20H26N2O6S2/c1-13(19(24)22-7-5-20(6-8-22)27-9-10-28-20)12-30(25,26)15-3-4-17-16(11-15)21-18(23)14(2)29-17/h3-4,11,13-14H,5-10,12H2,1-2H3,(H,21,23)/t13-,14-/m0/s1. The van der Waals surface area contributed by atoms with E-state index in [4.69, 9.17) is 9.47 Å². The molecule has 4 rings (SSSR count). The second-order valence-electron chi connectivity index (χ2n) is 8.02. The summed E-state index contributed by atoms with van der Waals surface area (Å²) in [5.41, 5.74) is 0.501. The number of fused-ring (bicyclic) bond motifs is 1. The van der Waals surface area contributed by atoms with Crippen molar-refractivity contribution in [1.82, 2.24) is 4.90 Å². The summed E-state index contributed by atoms with van der Waals surface area (Å²) in [5.74, 6) is -1.86. The molecule has 2 atom stereocenters. The van der Waals surface area contributed by atoms with Gasteiger partial charge in [-0.2, -0.15) is 0 Å². The van der Waals surface area contributed by atoms with E-state index in [1.165, 1.54) is 17.8 Å². The Bertz CT molecular complexity index is 948. The lowest BCUT2D eigenvalue weighted by Crippen LogP contribution is -2.49. The van der Waals surface area contributed by atoms with Gasteiger partial charge in [-0.05, 0) is 25.1 Å². The van der Waals surface area contributed by atoms with E-state index in [1.54, 1.807) is 30.9 Å². The van der Waals surface area contributed by atoms with Crippen molar-refractivity contribution >= 4 is 39.1 Å². The Balaban J connectivity index is 1.41. The number of hydrogen-bond acceptors (Lipinski definition) is 7. The number of thioether (sulfide) groups is 1. The van der Waals surface area contributed by atoms with Crippen LogP contribution in [0.4, 0.5) is 5.69 Å². The van der Waals surface area contributed by atoms with Crippen LogP contribution >= 0.6 is 11.8 Å². The number of ether oxygens (including phenoxy) is 2. The number of likely N-dealkylation sites (tertiary alicyclic amines) is 1. The number of nitrogens with one attached hydrogen (secondary N) is 1. The summed E-state index contributed by atoms with van der Waals surface area (Å²) >= 11 is 1.40. The number of benzene rings is 1. The minimum absolute atomic E-state index is 0.113. The average molecular weight is 455 g/mol. The summed E-state index contributed by atoms with van der Waals surface area (Å²) < 4.78 is 37.2. The van der Waals surface area contributed by atoms with E-state index >= 15 is 0 Å². The molecule has 0 radical (unpaired) electrons. The molecule has 1 aromatic rings. The van der Waals surface area contributed by atoms with Crippen LogP contribution in [-0.4, -0.2) is 68.2 Å². The summed E-state index contributed by atoms with van der Waals surface area (Å²) in [6, 6.07) is 4.74. The van der Waals surface area contributed by atoms with Gasteiger partial charge in [0.05, 0.1) is 34.8 Å². The fourth-order valence-corrected chi connectivity index (χ4v) is 6.54. The molecule has 3 heterocycles. The number of hydrogen-bond donors (Lipinski definition) is 1. The van der Waals surface area contributed by atoms with Crippen LogP contribution in [0.1, 0.15) is 26.7 Å². The quantitative estimate of drug-likeness (QED) is 0.741. The first-order chi connectivity index (χ1) is 14.2. The Kier molecular flexibility index (Phi) is 5.86. The van der Waals surface area contributed by atoms with Gasteiger partial charge in [-0.3, -0.25) is 9.59 Å². The van der Waals surface area contributed by atoms with E-state index in [0.29, 0.717) is 44.8 Å². The third-order valence-electron chi connectivity index (χ3n) is 5.78. The van der Waals surface area contributed by atoms with Crippen molar-refractivity contribution in [1.29, 1.82) is 0 Å². The number of carbonyl (C=O) groups is 2. The summed E-state index contributed by atoms with van der Waals surface area (Å²) in [7, 11) is -3.69. The molecule has 3 aliphatic heterocycles. The van der Waals surface area contributed by atoms with Gasteiger partial charge in [-0.1, -0.05) is 6.92 Å². The molecule has 2 fully saturated rings. The molecule has 0 bridgehead atoms. The third kappa shape index (κ3) is 4.23. The van der Waals surface area contributed by atoms with Crippen molar-refractivity contribution in [2.75, 3.05) is 37.4 Å². The van der Waals surface area contributed by atoms with Crippen molar-refractivity contribution in [3.05, 3.63) is 18.2 Å². The van der Waals surface area contributed by atoms with Crippen LogP contribution < -0.4 is 5.32 Å². The van der Waals surface area contributed by atoms with Crippen LogP contribution in [0.2, 0.25) is 0 Å². The van der Waals surface area contributed by atoms with E-state index < -0.39 is 21.5 Å². The Hall–Kier alpha value is -1.62. The van der Waals surface area contributed by atoms with E-state index in [9.17, 15) is 18.0 Å². The second-order valence-corrected chi connectivity index (χ2v) is 11.4. The molecule has 10 heteroatoms. The topological polar surface area (TPSA) is 102 Å². The van der Waals surface area contributed by atoms with Crippen molar-refractivity contribution in [3.8, 4) is 0 Å². The van der Waals surface area contributed by atoms with Gasteiger partial charge in [-0.25, -0.2) is 8.42 Å². The molecular formula is C20H26N2O6S2. The largest absolute Gasteiger partial charge is 0.347 e. The van der Waals surface area contributed by atoms with E-state index in [-0.39, 0.29) is 27.7 Å². The lowest BCUT2D eigenvalue weighted by Gasteiger charge is -2.38. The van der Waals surface area contributed by atoms with E-state index in [1.807, 2.05) is 0 Å². The molecule has 2 amide bonds. The maximum atomic E-state index is 12.9. The summed E-state index contributed by atoms with van der Waals surface area (Å²) in [6.45, 7) is 5.56. The summed E-state index contributed by atoms with van der Waals surface area (Å²) in [4.78, 5) is 27.4. The normalized spacial score (nSPS) is 24.4. The monoisotopic (exact) mass is 454 g/mol. The van der Waals surface area contributed by atoms with Crippen LogP contribution in [0.15, 0.2) is 28.0 Å². The summed E-state index contributed by atoms with van der Waals surface area (Å²) in [5, 5.41) is 2.53. The molecule has 0 aliphatic carbocycles. The Labute approximate surface area is 180 Å². The van der Waals surface area contributed by atoms with Crippen LogP contribution in [0.3, 0.4) is 0 Å². The fourth-order valence-electron chi connectivity index (χ4n) is 4.04. The molecule has 1 aromatic carbocycles. The second kappa shape index (κ2) is 8.14. The van der Waals surface area contributed by atoms with Gasteiger partial charge < -0.3 is 19.7 Å². The Morgan fingerprint density at radius 2 is 1.97 bits per heavy atom. The molecule has 30 heavy (non-hydrogen) atoms. The molecule has 2 saturated heterocycles. The maximum Gasteiger partial charge on any atom is 0.237 e. The van der Waals surface area contributed by atoms with Crippen LogP contribution in [0, 0.1) is 5.92 Å². The minimum atomic E-state index is -3.69. The van der Waals surface area contributed by atoms with Crippen LogP contribution in [0.5, 0.6) is 0 Å². The molecule has 164 valence electrons. The average Bonchev–Trinajstić information content (AvgIpc) is 3.16. The third-order valence-corrected chi connectivity index (χ3v) is 8.87. The fraction of sp³-hybridized carbons (Fsp3) is 0.600. The van der Waals surface area contributed by atoms with Gasteiger partial charge >= 0.3 is 0 Å². The van der Waals surface area contributed by atoms with Crippen LogP contribution in [0.25, 0.3) is 0 Å². The zero-order valence-corrected chi connectivity index (χ0v) is 18.7. The highest BCUT2D eigenvalue weighted by molar-refractivity contribution is 8.01. The molecule has 1 spiro atoms. The van der Waals surface area contributed by atoms with Crippen LogP contribution in [-0.2, 0) is 28.9 Å². The highest BCUT2D eigenvalue weighted by Crippen LogP contribution is 2.37. The van der Waals surface area contributed by atoms with Gasteiger partial charge in [0.15, 0.2) is 15.6 Å². The van der Waals surface area contributed by atoms with Crippen molar-refractivity contribution in [2.45, 2.75) is 47.5 Å². The molecule has 0 unspecified atom stereocenters. The molecule has 0 aromatic heterocycles. The first-order valence-corrected chi connectivity index (χ1v) is 12.6. The number of sulfone groups is 1. The van der Waals surface area contributed by atoms with Gasteiger partial charge in [0.1, 0.15) is 0 Å². The number of nitrogens with zero attached hydrogens (tertiary/aromatic N) is 1. The van der Waals surface area contributed by atoms with Gasteiger partial charge in [0.25, 0.3) is 0 Å². The molecule has 8 nitrogen and oxygen atoms in total. The first kappa shape index (κ1) is 21.6. The van der Waals surface area contributed by atoms with Crippen molar-refractivity contribution < 1.29 is 27.5 Å². The van der Waals surface area contributed by atoms with Gasteiger partial charge in [-0.15, -0.1) is 11.8 Å². The predicted molar refractivity (Wildman–Crippen MR) is 112 cm³/mol. The van der Waals surface area contributed by atoms with Crippen molar-refractivity contribution in [2.24, 2.45) is 5.92 Å². The number of anilines is 1. The van der Waals surface area contributed by atoms with Gasteiger partial charge in [0, 0.05) is 36.7 Å². The van der Waals surface area contributed by atoms with E-state index in [2.05, 4.69) is 5.32 Å². The smallest absolute Gasteiger partial charge is 0.237 e. The van der Waals surface area contributed by atoms with E-state index in [0.717, 1.165) is 4.90 Å². The molecular weight excluding hydrogens is 428 g/mol. The SMILES string of the molecule is C[C@@H]1Sc2ccc(S(=O)(=O)C[C@H](C)C(=O)N3CCC4(CC3)OCCO4)cc2NC1=O. The molecule has 3 aliphatic rings. The predicted octanol–water partition coefficient (Wildman–Crippen LogP) is 1.89. The molecule has 0 saturated carbocycles. The maximum absolute atomic E-state index is 12.9. The first-order valence-electron chi connectivity index (χ1n) is 10.1. The Morgan fingerprint density at radius 3 is 2.63 bits per heavy atom. The summed E-state index contributed by atoms with van der Waals surface area (Å²) in [6.07, 6.45) is 1.19. The zero-order valence-electron chi connectivity index (χ0n) is 17.0. The zero-order chi connectivity index (χ0) is 21.5.